The number of halogens is 3. The van der Waals surface area contributed by atoms with Crippen molar-refractivity contribution in [2.75, 3.05) is 5.73 Å². The Kier molecular flexibility index (Phi) is 4.67. The number of rotatable bonds is 3. The van der Waals surface area contributed by atoms with Gasteiger partial charge in [0.15, 0.2) is 0 Å². The van der Waals surface area contributed by atoms with Crippen LogP contribution < -0.4 is 5.73 Å². The van der Waals surface area contributed by atoms with Crippen molar-refractivity contribution in [1.82, 2.24) is 4.98 Å². The minimum Gasteiger partial charge on any atom is -0.475 e. The molecule has 0 aliphatic heterocycles. The number of fused-ring (bicyclic) bond motifs is 1. The normalized spacial score (nSPS) is 11.1. The molecule has 8 heteroatoms. The maximum Gasteiger partial charge on any atom is 0.374 e. The molecule has 0 radical (unpaired) electrons. The molecular formula is C20H11Cl3N2O3. The first-order chi connectivity index (χ1) is 13.3. The van der Waals surface area contributed by atoms with Crippen LogP contribution in [-0.2, 0) is 0 Å². The summed E-state index contributed by atoms with van der Waals surface area (Å²) >= 11 is 18.4. The summed E-state index contributed by atoms with van der Waals surface area (Å²) in [5.41, 5.74) is 8.70. The summed E-state index contributed by atoms with van der Waals surface area (Å²) in [6, 6.07) is 13.9. The van der Waals surface area contributed by atoms with Crippen molar-refractivity contribution in [1.29, 1.82) is 0 Å². The number of hydrogen-bond donors (Lipinski definition) is 2. The lowest BCUT2D eigenvalue weighted by Crippen LogP contribution is -1.98. The largest absolute Gasteiger partial charge is 0.475 e. The summed E-state index contributed by atoms with van der Waals surface area (Å²) < 4.78 is 5.37. The van der Waals surface area contributed by atoms with Gasteiger partial charge in [0, 0.05) is 21.2 Å². The van der Waals surface area contributed by atoms with E-state index in [0.717, 1.165) is 5.56 Å². The highest BCUT2D eigenvalue weighted by atomic mass is 35.5. The lowest BCUT2D eigenvalue weighted by Gasteiger charge is -2.11. The highest BCUT2D eigenvalue weighted by Gasteiger charge is 2.22. The van der Waals surface area contributed by atoms with Crippen LogP contribution in [0.3, 0.4) is 0 Å². The lowest BCUT2D eigenvalue weighted by molar-refractivity contribution is 0.0666. The Labute approximate surface area is 174 Å². The van der Waals surface area contributed by atoms with E-state index in [1.165, 1.54) is 0 Å². The van der Waals surface area contributed by atoms with Gasteiger partial charge in [-0.2, -0.15) is 0 Å². The van der Waals surface area contributed by atoms with E-state index >= 15 is 0 Å². The summed E-state index contributed by atoms with van der Waals surface area (Å²) in [6.45, 7) is 0. The number of benzene rings is 2. The Morgan fingerprint density at radius 2 is 1.64 bits per heavy atom. The summed E-state index contributed by atoms with van der Waals surface area (Å²) in [4.78, 5) is 15.9. The number of nitrogen functional groups attached to an aromatic ring is 1. The molecule has 0 saturated heterocycles. The maximum atomic E-state index is 11.4. The minimum atomic E-state index is -1.27. The Morgan fingerprint density at radius 1 is 0.964 bits per heavy atom. The van der Waals surface area contributed by atoms with Gasteiger partial charge in [0.2, 0.25) is 11.5 Å². The third-order valence-electron chi connectivity index (χ3n) is 4.26. The molecule has 0 aliphatic carbocycles. The van der Waals surface area contributed by atoms with Gasteiger partial charge in [-0.3, -0.25) is 0 Å². The second-order valence-corrected chi connectivity index (χ2v) is 7.30. The van der Waals surface area contributed by atoms with Crippen LogP contribution in [0.1, 0.15) is 10.6 Å². The fraction of sp³-hybridized carbons (Fsp3) is 0. The summed E-state index contributed by atoms with van der Waals surface area (Å²) in [7, 11) is 0. The number of carboxylic acid groups (broad SMARTS) is 1. The van der Waals surface area contributed by atoms with Gasteiger partial charge >= 0.3 is 5.97 Å². The number of anilines is 1. The zero-order valence-electron chi connectivity index (χ0n) is 14.0. The molecule has 0 bridgehead atoms. The molecule has 0 spiro atoms. The molecule has 5 nitrogen and oxygen atoms in total. The number of carboxylic acids is 1. The van der Waals surface area contributed by atoms with E-state index in [9.17, 15) is 9.90 Å². The Morgan fingerprint density at radius 3 is 2.29 bits per heavy atom. The average molecular weight is 434 g/mol. The molecule has 2 aromatic heterocycles. The third kappa shape index (κ3) is 3.18. The minimum absolute atomic E-state index is 0.0129. The SMILES string of the molecule is Nc1c(C(=O)O)oc2nc(-c3ccc(Cl)cc3Cl)c(-c3ccc(Cl)cc3)cc12. The fourth-order valence-electron chi connectivity index (χ4n) is 2.94. The molecule has 0 fully saturated rings. The Balaban J connectivity index is 2.06. The smallest absolute Gasteiger partial charge is 0.374 e. The fourth-order valence-corrected chi connectivity index (χ4v) is 3.56. The third-order valence-corrected chi connectivity index (χ3v) is 5.06. The number of carbonyl (C=O) groups is 1. The number of furan rings is 1. The van der Waals surface area contributed by atoms with Crippen molar-refractivity contribution in [2.24, 2.45) is 0 Å². The van der Waals surface area contributed by atoms with Gasteiger partial charge in [-0.15, -0.1) is 0 Å². The molecule has 2 aromatic carbocycles. The summed E-state index contributed by atoms with van der Waals surface area (Å²) in [6.07, 6.45) is 0. The average Bonchev–Trinajstić information content (AvgIpc) is 2.98. The zero-order valence-corrected chi connectivity index (χ0v) is 16.3. The van der Waals surface area contributed by atoms with E-state index in [1.54, 1.807) is 36.4 Å². The first kappa shape index (κ1) is 18.6. The predicted molar refractivity (Wildman–Crippen MR) is 111 cm³/mol. The predicted octanol–water partition coefficient (Wildman–Crippen LogP) is 6.40. The van der Waals surface area contributed by atoms with Gasteiger partial charge in [0.1, 0.15) is 0 Å². The van der Waals surface area contributed by atoms with Gasteiger partial charge in [0.25, 0.3) is 0 Å². The molecule has 2 heterocycles. The van der Waals surface area contributed by atoms with Crippen molar-refractivity contribution in [3.8, 4) is 22.4 Å². The summed E-state index contributed by atoms with van der Waals surface area (Å²) in [5.74, 6) is -1.63. The van der Waals surface area contributed by atoms with Crippen molar-refractivity contribution in [3.63, 3.8) is 0 Å². The molecule has 0 saturated carbocycles. The van der Waals surface area contributed by atoms with Crippen LogP contribution in [0.2, 0.25) is 15.1 Å². The highest BCUT2D eigenvalue weighted by molar-refractivity contribution is 6.36. The highest BCUT2D eigenvalue weighted by Crippen LogP contribution is 2.40. The quantitative estimate of drug-likeness (QED) is 0.390. The monoisotopic (exact) mass is 432 g/mol. The second-order valence-electron chi connectivity index (χ2n) is 6.02. The zero-order chi connectivity index (χ0) is 20.0. The van der Waals surface area contributed by atoms with Crippen molar-refractivity contribution in [3.05, 3.63) is 69.4 Å². The van der Waals surface area contributed by atoms with E-state index in [1.807, 2.05) is 12.1 Å². The molecule has 28 heavy (non-hydrogen) atoms. The number of aromatic carboxylic acids is 1. The van der Waals surface area contributed by atoms with E-state index in [2.05, 4.69) is 4.98 Å². The molecule has 0 aliphatic rings. The lowest BCUT2D eigenvalue weighted by atomic mass is 9.98. The van der Waals surface area contributed by atoms with Crippen LogP contribution >= 0.6 is 34.8 Å². The van der Waals surface area contributed by atoms with Gasteiger partial charge in [0.05, 0.1) is 21.8 Å². The van der Waals surface area contributed by atoms with E-state index in [4.69, 9.17) is 45.0 Å². The van der Waals surface area contributed by atoms with Crippen molar-refractivity contribution in [2.45, 2.75) is 0 Å². The molecule has 4 aromatic rings. The maximum absolute atomic E-state index is 11.4. The van der Waals surface area contributed by atoms with Crippen LogP contribution in [0.25, 0.3) is 33.5 Å². The van der Waals surface area contributed by atoms with E-state index < -0.39 is 5.97 Å². The van der Waals surface area contributed by atoms with Crippen molar-refractivity contribution >= 4 is 57.6 Å². The first-order valence-electron chi connectivity index (χ1n) is 8.03. The van der Waals surface area contributed by atoms with Crippen molar-refractivity contribution < 1.29 is 14.3 Å². The Hall–Kier alpha value is -2.73. The van der Waals surface area contributed by atoms with E-state index in [0.29, 0.717) is 37.3 Å². The number of pyridine rings is 1. The molecule has 0 atom stereocenters. The van der Waals surface area contributed by atoms with Crippen LogP contribution in [0.4, 0.5) is 5.69 Å². The molecule has 4 rings (SSSR count). The van der Waals surface area contributed by atoms with Crippen LogP contribution in [0.15, 0.2) is 52.9 Å². The molecule has 3 N–H and O–H groups in total. The van der Waals surface area contributed by atoms with Crippen LogP contribution in [0, 0.1) is 0 Å². The van der Waals surface area contributed by atoms with Gasteiger partial charge in [-0.1, -0.05) is 46.9 Å². The Bertz CT molecular complexity index is 1230. The summed E-state index contributed by atoms with van der Waals surface area (Å²) in [5, 5.41) is 11.2. The van der Waals surface area contributed by atoms with E-state index in [-0.39, 0.29) is 17.2 Å². The number of nitrogens with two attached hydrogens (primary N) is 1. The van der Waals surface area contributed by atoms with Gasteiger partial charge < -0.3 is 15.3 Å². The molecule has 140 valence electrons. The number of nitrogens with zero attached hydrogens (tertiary/aromatic N) is 1. The molecular weight excluding hydrogens is 423 g/mol. The topological polar surface area (TPSA) is 89.4 Å². The van der Waals surface area contributed by atoms with Crippen LogP contribution in [-0.4, -0.2) is 16.1 Å². The molecule has 0 unspecified atom stereocenters. The first-order valence-corrected chi connectivity index (χ1v) is 9.16. The second kappa shape index (κ2) is 7.02. The van der Waals surface area contributed by atoms with Crippen LogP contribution in [0.5, 0.6) is 0 Å². The molecule has 0 amide bonds. The number of aromatic nitrogens is 1. The van der Waals surface area contributed by atoms with Gasteiger partial charge in [-0.05, 0) is 42.0 Å². The standard InChI is InChI=1S/C20H11Cl3N2O3/c21-10-3-1-9(2-4-10)13-8-14-16(24)18(20(26)27)28-19(14)25-17(13)12-6-5-11(22)7-15(12)23/h1-8H,24H2,(H,26,27). The van der Waals surface area contributed by atoms with Gasteiger partial charge in [-0.25, -0.2) is 9.78 Å². The number of hydrogen-bond acceptors (Lipinski definition) is 4.